The molecule has 0 bridgehead atoms. The summed E-state index contributed by atoms with van der Waals surface area (Å²) in [5.41, 5.74) is 3.65. The van der Waals surface area contributed by atoms with Crippen LogP contribution in [0.2, 0.25) is 5.02 Å². The average molecular weight is 658 g/mol. The van der Waals surface area contributed by atoms with Crippen LogP contribution >= 0.6 is 11.6 Å². The van der Waals surface area contributed by atoms with Gasteiger partial charge in [-0.2, -0.15) is 0 Å². The first kappa shape index (κ1) is 33.2. The lowest BCUT2D eigenvalue weighted by atomic mass is 10.0. The number of halogens is 1. The molecule has 2 amide bonds. The number of hydrogen-bond acceptors (Lipinski definition) is 4. The number of rotatable bonds is 12. The number of anilines is 1. The molecule has 0 saturated heterocycles. The molecule has 240 valence electrons. The van der Waals surface area contributed by atoms with E-state index in [0.717, 1.165) is 46.7 Å². The first-order valence-electron chi connectivity index (χ1n) is 15.6. The van der Waals surface area contributed by atoms with Gasteiger partial charge >= 0.3 is 0 Å². The predicted molar refractivity (Wildman–Crippen MR) is 183 cm³/mol. The average Bonchev–Trinajstić information content (AvgIpc) is 3.55. The molecule has 0 aliphatic heterocycles. The van der Waals surface area contributed by atoms with Crippen LogP contribution in [0.4, 0.5) is 5.69 Å². The smallest absolute Gasteiger partial charge is 0.264 e. The Morgan fingerprint density at radius 1 is 0.848 bits per heavy atom. The van der Waals surface area contributed by atoms with Crippen LogP contribution in [0.5, 0.6) is 0 Å². The van der Waals surface area contributed by atoms with E-state index in [1.165, 1.54) is 17.0 Å². The van der Waals surface area contributed by atoms with Gasteiger partial charge in [-0.05, 0) is 79.3 Å². The predicted octanol–water partition coefficient (Wildman–Crippen LogP) is 6.85. The van der Waals surface area contributed by atoms with E-state index in [2.05, 4.69) is 5.32 Å². The second kappa shape index (κ2) is 15.0. The molecule has 1 aliphatic carbocycles. The van der Waals surface area contributed by atoms with Crippen molar-refractivity contribution in [3.8, 4) is 0 Å². The molecule has 1 saturated carbocycles. The molecule has 7 nitrogen and oxygen atoms in total. The fourth-order valence-electron chi connectivity index (χ4n) is 6.07. The number of aryl methyl sites for hydroxylation is 2. The molecule has 1 fully saturated rings. The lowest BCUT2D eigenvalue weighted by Crippen LogP contribution is -2.54. The van der Waals surface area contributed by atoms with Crippen molar-refractivity contribution in [2.75, 3.05) is 10.8 Å². The summed E-state index contributed by atoms with van der Waals surface area (Å²) in [5.74, 6) is -0.777. The fourth-order valence-corrected chi connectivity index (χ4v) is 7.69. The molecule has 1 N–H and O–H groups in total. The summed E-state index contributed by atoms with van der Waals surface area (Å²) >= 11 is 6.60. The topological polar surface area (TPSA) is 86.8 Å². The van der Waals surface area contributed by atoms with Crippen LogP contribution in [0, 0.1) is 13.8 Å². The molecule has 0 aromatic heterocycles. The largest absolute Gasteiger partial charge is 0.352 e. The van der Waals surface area contributed by atoms with E-state index in [-0.39, 0.29) is 29.8 Å². The summed E-state index contributed by atoms with van der Waals surface area (Å²) in [6, 6.07) is 29.4. The summed E-state index contributed by atoms with van der Waals surface area (Å²) in [4.78, 5) is 30.3. The number of nitrogens with one attached hydrogen (secondary N) is 1. The van der Waals surface area contributed by atoms with Crippen LogP contribution in [-0.4, -0.2) is 43.8 Å². The van der Waals surface area contributed by atoms with Crippen molar-refractivity contribution >= 4 is 39.1 Å². The highest BCUT2D eigenvalue weighted by Crippen LogP contribution is 2.28. The number of nitrogens with zero attached hydrogens (tertiary/aromatic N) is 2. The molecular weight excluding hydrogens is 618 g/mol. The third-order valence-corrected chi connectivity index (χ3v) is 10.5. The van der Waals surface area contributed by atoms with E-state index in [1.54, 1.807) is 42.5 Å². The maximum atomic E-state index is 14.7. The molecule has 4 aromatic rings. The molecule has 5 rings (SSSR count). The highest BCUT2D eigenvalue weighted by atomic mass is 35.5. The standard InChI is InChI=1S/C37H40ClN3O4S/c1-27-21-28(2)23-32(22-27)41(46(44,45)33-18-7-4-8-19-33)26-36(42)40(25-30-15-9-12-20-34(30)38)35(24-29-13-5-3-6-14-29)37(43)39-31-16-10-11-17-31/h3-9,12-15,18-23,31,35H,10-11,16-17,24-26H2,1-2H3,(H,39,43)/t35-/m0/s1. The first-order chi connectivity index (χ1) is 22.1. The molecule has 1 aliphatic rings. The zero-order valence-electron chi connectivity index (χ0n) is 26.2. The van der Waals surface area contributed by atoms with Crippen molar-refractivity contribution in [1.82, 2.24) is 10.2 Å². The van der Waals surface area contributed by atoms with Crippen LogP contribution in [0.25, 0.3) is 0 Å². The van der Waals surface area contributed by atoms with Crippen molar-refractivity contribution in [1.29, 1.82) is 0 Å². The van der Waals surface area contributed by atoms with Crippen LogP contribution in [0.3, 0.4) is 0 Å². The van der Waals surface area contributed by atoms with Gasteiger partial charge in [-0.25, -0.2) is 8.42 Å². The van der Waals surface area contributed by atoms with Gasteiger partial charge in [0.25, 0.3) is 10.0 Å². The molecule has 9 heteroatoms. The molecule has 1 atom stereocenters. The van der Waals surface area contributed by atoms with Crippen LogP contribution in [0.15, 0.2) is 108 Å². The number of hydrogen-bond donors (Lipinski definition) is 1. The maximum Gasteiger partial charge on any atom is 0.264 e. The van der Waals surface area contributed by atoms with Crippen molar-refractivity contribution in [3.63, 3.8) is 0 Å². The summed E-state index contributed by atoms with van der Waals surface area (Å²) in [5, 5.41) is 3.65. The van der Waals surface area contributed by atoms with Crippen LogP contribution < -0.4 is 9.62 Å². The highest BCUT2D eigenvalue weighted by Gasteiger charge is 2.36. The molecule has 4 aromatic carbocycles. The zero-order valence-corrected chi connectivity index (χ0v) is 27.8. The maximum absolute atomic E-state index is 14.7. The third-order valence-electron chi connectivity index (χ3n) is 8.38. The van der Waals surface area contributed by atoms with Gasteiger partial charge in [-0.3, -0.25) is 13.9 Å². The van der Waals surface area contributed by atoms with Crippen LogP contribution in [-0.2, 0) is 32.6 Å². The van der Waals surface area contributed by atoms with Gasteiger partial charge < -0.3 is 10.2 Å². The number of amides is 2. The van der Waals surface area contributed by atoms with Crippen LogP contribution in [0.1, 0.15) is 47.9 Å². The Morgan fingerprint density at radius 2 is 1.43 bits per heavy atom. The summed E-state index contributed by atoms with van der Waals surface area (Å²) in [6.45, 7) is 3.30. The van der Waals surface area contributed by atoms with E-state index in [0.29, 0.717) is 16.3 Å². The number of carbonyl (C=O) groups is 2. The van der Waals surface area contributed by atoms with E-state index >= 15 is 0 Å². The molecule has 46 heavy (non-hydrogen) atoms. The summed E-state index contributed by atoms with van der Waals surface area (Å²) in [7, 11) is -4.16. The van der Waals surface area contributed by atoms with Crippen molar-refractivity contribution in [2.45, 2.75) is 69.5 Å². The lowest BCUT2D eigenvalue weighted by Gasteiger charge is -2.34. The third kappa shape index (κ3) is 8.17. The normalized spacial score (nSPS) is 14.1. The fraction of sp³-hybridized carbons (Fsp3) is 0.297. The van der Waals surface area contributed by atoms with Gasteiger partial charge in [-0.15, -0.1) is 0 Å². The Labute approximate surface area is 277 Å². The zero-order chi connectivity index (χ0) is 32.7. The van der Waals surface area contributed by atoms with Gasteiger partial charge in [0.15, 0.2) is 0 Å². The Kier molecular flexibility index (Phi) is 10.8. The molecule has 0 heterocycles. The second-order valence-electron chi connectivity index (χ2n) is 12.0. The Hall–Kier alpha value is -4.14. The van der Waals surface area contributed by atoms with E-state index in [9.17, 15) is 18.0 Å². The van der Waals surface area contributed by atoms with Crippen molar-refractivity contribution in [3.05, 3.63) is 130 Å². The molecular formula is C37H40ClN3O4S. The Bertz CT molecular complexity index is 1740. The summed E-state index contributed by atoms with van der Waals surface area (Å²) in [6.07, 6.45) is 4.11. The second-order valence-corrected chi connectivity index (χ2v) is 14.2. The van der Waals surface area contributed by atoms with Gasteiger partial charge in [0.1, 0.15) is 12.6 Å². The number of sulfonamides is 1. The van der Waals surface area contributed by atoms with Gasteiger partial charge in [0.2, 0.25) is 11.8 Å². The Balaban J connectivity index is 1.59. The minimum atomic E-state index is -4.16. The van der Waals surface area contributed by atoms with E-state index < -0.39 is 28.5 Å². The van der Waals surface area contributed by atoms with E-state index in [1.807, 2.05) is 62.4 Å². The van der Waals surface area contributed by atoms with Crippen molar-refractivity contribution in [2.24, 2.45) is 0 Å². The lowest BCUT2D eigenvalue weighted by molar-refractivity contribution is -0.140. The first-order valence-corrected chi connectivity index (χ1v) is 17.5. The minimum Gasteiger partial charge on any atom is -0.352 e. The van der Waals surface area contributed by atoms with Gasteiger partial charge in [0.05, 0.1) is 10.6 Å². The quantitative estimate of drug-likeness (QED) is 0.181. The Morgan fingerprint density at radius 3 is 2.07 bits per heavy atom. The van der Waals surface area contributed by atoms with E-state index in [4.69, 9.17) is 11.6 Å². The van der Waals surface area contributed by atoms with Gasteiger partial charge in [-0.1, -0.05) is 97.2 Å². The monoisotopic (exact) mass is 657 g/mol. The number of carbonyl (C=O) groups excluding carboxylic acids is 2. The summed E-state index contributed by atoms with van der Waals surface area (Å²) < 4.78 is 29.6. The van der Waals surface area contributed by atoms with Crippen molar-refractivity contribution < 1.29 is 18.0 Å². The molecule has 0 radical (unpaired) electrons. The minimum absolute atomic E-state index is 0.0279. The molecule has 0 unspecified atom stereocenters. The highest BCUT2D eigenvalue weighted by molar-refractivity contribution is 7.92. The van der Waals surface area contributed by atoms with Gasteiger partial charge in [0, 0.05) is 24.0 Å². The number of benzene rings is 4. The SMILES string of the molecule is Cc1cc(C)cc(N(CC(=O)N(Cc2ccccc2Cl)[C@@H](Cc2ccccc2)C(=O)NC2CCCC2)S(=O)(=O)c2ccccc2)c1. The molecule has 0 spiro atoms.